The number of hydrogen-bond donors (Lipinski definition) is 3. The zero-order valence-electron chi connectivity index (χ0n) is 8.72. The smallest absolute Gasteiger partial charge is 0.143 e. The highest BCUT2D eigenvalue weighted by molar-refractivity contribution is 5.82. The molecule has 0 spiro atoms. The van der Waals surface area contributed by atoms with Gasteiger partial charge in [-0.2, -0.15) is 0 Å². The number of oxime groups is 1. The van der Waals surface area contributed by atoms with E-state index in [9.17, 15) is 0 Å². The molecule has 15 heavy (non-hydrogen) atoms. The standard InChI is InChI=1S/C10H16N4O/c1-8(10(11)14-15)6-12-7-9-4-2-3-5-13-9/h2-5,8,12,15H,6-7H2,1H3,(H2,11,14). The quantitative estimate of drug-likeness (QED) is 0.285. The van der Waals surface area contributed by atoms with Crippen molar-refractivity contribution >= 4 is 5.84 Å². The van der Waals surface area contributed by atoms with Crippen LogP contribution in [-0.4, -0.2) is 22.6 Å². The topological polar surface area (TPSA) is 83.5 Å². The molecule has 0 amide bonds. The molecule has 82 valence electrons. The number of nitrogens with zero attached hydrogens (tertiary/aromatic N) is 2. The first-order valence-corrected chi connectivity index (χ1v) is 4.82. The highest BCUT2D eigenvalue weighted by atomic mass is 16.4. The van der Waals surface area contributed by atoms with E-state index in [-0.39, 0.29) is 11.8 Å². The normalized spacial score (nSPS) is 13.8. The lowest BCUT2D eigenvalue weighted by atomic mass is 10.1. The maximum Gasteiger partial charge on any atom is 0.143 e. The number of aromatic nitrogens is 1. The van der Waals surface area contributed by atoms with Crippen LogP contribution in [0, 0.1) is 5.92 Å². The van der Waals surface area contributed by atoms with Crippen LogP contribution in [0.5, 0.6) is 0 Å². The van der Waals surface area contributed by atoms with Crippen molar-refractivity contribution in [3.8, 4) is 0 Å². The van der Waals surface area contributed by atoms with Crippen molar-refractivity contribution in [2.45, 2.75) is 13.5 Å². The van der Waals surface area contributed by atoms with Crippen LogP contribution < -0.4 is 11.1 Å². The van der Waals surface area contributed by atoms with Crippen LogP contribution >= 0.6 is 0 Å². The lowest BCUT2D eigenvalue weighted by Crippen LogP contribution is -2.31. The molecule has 0 aliphatic rings. The van der Waals surface area contributed by atoms with Gasteiger partial charge in [0, 0.05) is 25.2 Å². The summed E-state index contributed by atoms with van der Waals surface area (Å²) in [7, 11) is 0. The molecule has 1 rings (SSSR count). The highest BCUT2D eigenvalue weighted by Crippen LogP contribution is 1.95. The summed E-state index contributed by atoms with van der Waals surface area (Å²) in [6.07, 6.45) is 1.75. The van der Waals surface area contributed by atoms with Crippen molar-refractivity contribution in [1.82, 2.24) is 10.3 Å². The maximum atomic E-state index is 8.44. The molecule has 1 aromatic rings. The van der Waals surface area contributed by atoms with Crippen molar-refractivity contribution in [2.24, 2.45) is 16.8 Å². The molecule has 5 nitrogen and oxygen atoms in total. The maximum absolute atomic E-state index is 8.44. The summed E-state index contributed by atoms with van der Waals surface area (Å²) in [5.74, 6) is 0.252. The Morgan fingerprint density at radius 2 is 2.47 bits per heavy atom. The lowest BCUT2D eigenvalue weighted by molar-refractivity contribution is 0.314. The molecule has 4 N–H and O–H groups in total. The van der Waals surface area contributed by atoms with Crippen LogP contribution in [0.1, 0.15) is 12.6 Å². The second kappa shape index (κ2) is 5.98. The summed E-state index contributed by atoms with van der Waals surface area (Å²) in [5, 5.41) is 14.6. The molecule has 1 atom stereocenters. The van der Waals surface area contributed by atoms with Gasteiger partial charge in [-0.1, -0.05) is 18.1 Å². The van der Waals surface area contributed by atoms with Gasteiger partial charge >= 0.3 is 0 Å². The first-order valence-electron chi connectivity index (χ1n) is 4.82. The molecule has 0 aliphatic carbocycles. The van der Waals surface area contributed by atoms with E-state index in [4.69, 9.17) is 10.9 Å². The fraction of sp³-hybridized carbons (Fsp3) is 0.400. The average Bonchev–Trinajstić information content (AvgIpc) is 2.29. The molecular weight excluding hydrogens is 192 g/mol. The Morgan fingerprint density at radius 3 is 3.07 bits per heavy atom. The zero-order chi connectivity index (χ0) is 11.1. The Morgan fingerprint density at radius 1 is 1.67 bits per heavy atom. The van der Waals surface area contributed by atoms with Gasteiger partial charge in [-0.3, -0.25) is 4.98 Å². The van der Waals surface area contributed by atoms with E-state index in [2.05, 4.69) is 15.5 Å². The van der Waals surface area contributed by atoms with Crippen molar-refractivity contribution in [2.75, 3.05) is 6.54 Å². The molecule has 0 saturated carbocycles. The summed E-state index contributed by atoms with van der Waals surface area (Å²) in [6.45, 7) is 3.23. The van der Waals surface area contributed by atoms with Crippen LogP contribution in [0.2, 0.25) is 0 Å². The highest BCUT2D eigenvalue weighted by Gasteiger charge is 2.06. The van der Waals surface area contributed by atoms with Gasteiger partial charge in [-0.25, -0.2) is 0 Å². The van der Waals surface area contributed by atoms with Gasteiger partial charge in [-0.05, 0) is 12.1 Å². The molecule has 0 fully saturated rings. The predicted octanol–water partition coefficient (Wildman–Crippen LogP) is 0.554. The Kier molecular flexibility index (Phi) is 4.56. The Bertz CT molecular complexity index is 312. The minimum atomic E-state index is 0.0127. The molecule has 1 unspecified atom stereocenters. The second-order valence-corrected chi connectivity index (χ2v) is 3.38. The van der Waals surface area contributed by atoms with Gasteiger partial charge in [-0.15, -0.1) is 0 Å². The van der Waals surface area contributed by atoms with Crippen molar-refractivity contribution < 1.29 is 5.21 Å². The Balaban J connectivity index is 2.28. The fourth-order valence-electron chi connectivity index (χ4n) is 1.12. The molecule has 0 radical (unpaired) electrons. The van der Waals surface area contributed by atoms with E-state index < -0.39 is 0 Å². The van der Waals surface area contributed by atoms with Crippen molar-refractivity contribution in [3.05, 3.63) is 30.1 Å². The molecule has 1 heterocycles. The van der Waals surface area contributed by atoms with Gasteiger partial charge in [0.05, 0.1) is 5.69 Å². The van der Waals surface area contributed by atoms with E-state index in [1.54, 1.807) is 6.20 Å². The Hall–Kier alpha value is -1.62. The summed E-state index contributed by atoms with van der Waals surface area (Å²) in [5.41, 5.74) is 6.42. The number of amidine groups is 1. The van der Waals surface area contributed by atoms with Gasteiger partial charge in [0.25, 0.3) is 0 Å². The number of rotatable bonds is 5. The van der Waals surface area contributed by atoms with Crippen molar-refractivity contribution in [3.63, 3.8) is 0 Å². The van der Waals surface area contributed by atoms with E-state index >= 15 is 0 Å². The summed E-state index contributed by atoms with van der Waals surface area (Å²) in [4.78, 5) is 4.17. The van der Waals surface area contributed by atoms with Gasteiger partial charge in [0.15, 0.2) is 0 Å². The SMILES string of the molecule is CC(CNCc1ccccn1)C(N)=NO. The summed E-state index contributed by atoms with van der Waals surface area (Å²) in [6, 6.07) is 5.76. The molecule has 0 aliphatic heterocycles. The van der Waals surface area contributed by atoms with Crippen LogP contribution in [0.25, 0.3) is 0 Å². The van der Waals surface area contributed by atoms with E-state index in [0.717, 1.165) is 5.69 Å². The summed E-state index contributed by atoms with van der Waals surface area (Å²) >= 11 is 0. The molecule has 0 saturated heterocycles. The third-order valence-corrected chi connectivity index (χ3v) is 2.10. The number of pyridine rings is 1. The largest absolute Gasteiger partial charge is 0.409 e. The molecule has 1 aromatic heterocycles. The second-order valence-electron chi connectivity index (χ2n) is 3.38. The van der Waals surface area contributed by atoms with E-state index in [0.29, 0.717) is 13.1 Å². The van der Waals surface area contributed by atoms with E-state index in [1.165, 1.54) is 0 Å². The van der Waals surface area contributed by atoms with Crippen molar-refractivity contribution in [1.29, 1.82) is 0 Å². The van der Waals surface area contributed by atoms with Gasteiger partial charge in [0.2, 0.25) is 0 Å². The number of nitrogens with two attached hydrogens (primary N) is 1. The van der Waals surface area contributed by atoms with Crippen LogP contribution in [0.15, 0.2) is 29.6 Å². The van der Waals surface area contributed by atoms with Crippen LogP contribution in [0.4, 0.5) is 0 Å². The summed E-state index contributed by atoms with van der Waals surface area (Å²) < 4.78 is 0. The lowest BCUT2D eigenvalue weighted by Gasteiger charge is -2.10. The van der Waals surface area contributed by atoms with Crippen LogP contribution in [0.3, 0.4) is 0 Å². The van der Waals surface area contributed by atoms with E-state index in [1.807, 2.05) is 25.1 Å². The molecule has 0 bridgehead atoms. The van der Waals surface area contributed by atoms with Gasteiger partial charge in [0.1, 0.15) is 5.84 Å². The minimum Gasteiger partial charge on any atom is -0.409 e. The predicted molar refractivity (Wildman–Crippen MR) is 58.5 cm³/mol. The van der Waals surface area contributed by atoms with Crippen LogP contribution in [-0.2, 0) is 6.54 Å². The van der Waals surface area contributed by atoms with Gasteiger partial charge < -0.3 is 16.3 Å². The fourth-order valence-corrected chi connectivity index (χ4v) is 1.12. The molecule has 5 heteroatoms. The molecular formula is C10H16N4O. The Labute approximate surface area is 89.0 Å². The number of hydrogen-bond acceptors (Lipinski definition) is 4. The third kappa shape index (κ3) is 3.95. The average molecular weight is 208 g/mol. The first-order chi connectivity index (χ1) is 7.24. The zero-order valence-corrected chi connectivity index (χ0v) is 8.72. The third-order valence-electron chi connectivity index (χ3n) is 2.10. The molecule has 0 aromatic carbocycles. The monoisotopic (exact) mass is 208 g/mol. The first kappa shape index (κ1) is 11.5. The number of nitrogens with one attached hydrogen (secondary N) is 1. The minimum absolute atomic E-state index is 0.0127.